The van der Waals surface area contributed by atoms with E-state index in [1.165, 1.54) is 7.11 Å². The van der Waals surface area contributed by atoms with Gasteiger partial charge in [0.2, 0.25) is 0 Å². The van der Waals surface area contributed by atoms with Gasteiger partial charge in [-0.05, 0) is 24.3 Å². The minimum atomic E-state index is -0.608. The highest BCUT2D eigenvalue weighted by atomic mass is 16.5. The second kappa shape index (κ2) is 6.22. The van der Waals surface area contributed by atoms with Gasteiger partial charge in [0, 0.05) is 39.1 Å². The highest BCUT2D eigenvalue weighted by molar-refractivity contribution is 5.94. The number of carbonyl (C=O) groups is 1. The molecule has 0 radical (unpaired) electrons. The zero-order valence-electron chi connectivity index (χ0n) is 10.4. The highest BCUT2D eigenvalue weighted by Gasteiger charge is 2.15. The molecule has 1 atom stereocenters. The average molecular weight is 237 g/mol. The summed E-state index contributed by atoms with van der Waals surface area (Å²) in [5.41, 5.74) is 7.22. The van der Waals surface area contributed by atoms with Crippen LogP contribution in [0.4, 0.5) is 11.4 Å². The number of nitrogens with one attached hydrogen (secondary N) is 1. The van der Waals surface area contributed by atoms with Crippen molar-refractivity contribution in [2.75, 3.05) is 38.0 Å². The lowest BCUT2D eigenvalue weighted by Gasteiger charge is -2.15. The smallest absolute Gasteiger partial charge is 0.254 e. The Morgan fingerprint density at radius 3 is 2.41 bits per heavy atom. The Hall–Kier alpha value is -1.59. The molecule has 0 saturated carbocycles. The third-order valence-electron chi connectivity index (χ3n) is 2.44. The number of ether oxygens (including phenoxy) is 1. The molecule has 0 spiro atoms. The first-order chi connectivity index (χ1) is 8.08. The van der Waals surface area contributed by atoms with Crippen LogP contribution in [0.5, 0.6) is 0 Å². The molecule has 0 aliphatic rings. The largest absolute Gasteiger partial charge is 0.378 e. The lowest BCUT2D eigenvalue weighted by molar-refractivity contribution is -0.125. The fourth-order valence-electron chi connectivity index (χ4n) is 1.38. The van der Waals surface area contributed by atoms with Gasteiger partial charge in [0.05, 0.1) is 0 Å². The van der Waals surface area contributed by atoms with E-state index in [-0.39, 0.29) is 12.5 Å². The third-order valence-corrected chi connectivity index (χ3v) is 2.44. The van der Waals surface area contributed by atoms with E-state index in [2.05, 4.69) is 5.32 Å². The number of nitrogens with two attached hydrogens (primary N) is 1. The SMILES string of the molecule is COC(CN)C(=O)Nc1ccc(N(C)C)cc1. The molecule has 0 saturated heterocycles. The Bertz CT molecular complexity index is 359. The van der Waals surface area contributed by atoms with Crippen LogP contribution in [-0.4, -0.2) is 39.8 Å². The first kappa shape index (κ1) is 13.5. The van der Waals surface area contributed by atoms with E-state index in [1.54, 1.807) is 0 Å². The van der Waals surface area contributed by atoms with Crippen molar-refractivity contribution in [3.05, 3.63) is 24.3 Å². The first-order valence-corrected chi connectivity index (χ1v) is 5.39. The monoisotopic (exact) mass is 237 g/mol. The van der Waals surface area contributed by atoms with E-state index in [4.69, 9.17) is 10.5 Å². The quantitative estimate of drug-likeness (QED) is 0.789. The van der Waals surface area contributed by atoms with Crippen molar-refractivity contribution in [3.63, 3.8) is 0 Å². The molecule has 1 rings (SSSR count). The molecule has 1 amide bonds. The van der Waals surface area contributed by atoms with Gasteiger partial charge >= 0.3 is 0 Å². The van der Waals surface area contributed by atoms with Crippen molar-refractivity contribution in [2.24, 2.45) is 5.73 Å². The molecule has 5 heteroatoms. The van der Waals surface area contributed by atoms with Crippen LogP contribution in [0.15, 0.2) is 24.3 Å². The molecule has 1 aromatic carbocycles. The summed E-state index contributed by atoms with van der Waals surface area (Å²) in [6.45, 7) is 0.165. The van der Waals surface area contributed by atoms with Crippen molar-refractivity contribution < 1.29 is 9.53 Å². The van der Waals surface area contributed by atoms with Gasteiger partial charge in [-0.2, -0.15) is 0 Å². The Kier molecular flexibility index (Phi) is 4.93. The van der Waals surface area contributed by atoms with Crippen molar-refractivity contribution >= 4 is 17.3 Å². The maximum atomic E-state index is 11.7. The van der Waals surface area contributed by atoms with Gasteiger partial charge in [0.15, 0.2) is 0 Å². The summed E-state index contributed by atoms with van der Waals surface area (Å²) >= 11 is 0. The second-order valence-corrected chi connectivity index (χ2v) is 3.89. The molecule has 0 heterocycles. The summed E-state index contributed by atoms with van der Waals surface area (Å²) in [4.78, 5) is 13.7. The van der Waals surface area contributed by atoms with Crippen LogP contribution in [0.25, 0.3) is 0 Å². The maximum Gasteiger partial charge on any atom is 0.254 e. The second-order valence-electron chi connectivity index (χ2n) is 3.89. The summed E-state index contributed by atoms with van der Waals surface area (Å²) in [6, 6.07) is 7.55. The van der Waals surface area contributed by atoms with E-state index in [0.29, 0.717) is 0 Å². The Labute approximate surface area is 102 Å². The van der Waals surface area contributed by atoms with Crippen LogP contribution in [0, 0.1) is 0 Å². The molecule has 0 fully saturated rings. The Balaban J connectivity index is 2.66. The average Bonchev–Trinajstić information content (AvgIpc) is 2.31. The molecular weight excluding hydrogens is 218 g/mol. The number of nitrogens with zero attached hydrogens (tertiary/aromatic N) is 1. The molecule has 94 valence electrons. The number of benzene rings is 1. The van der Waals surface area contributed by atoms with Crippen molar-refractivity contribution in [1.82, 2.24) is 0 Å². The minimum absolute atomic E-state index is 0.165. The van der Waals surface area contributed by atoms with Gasteiger partial charge in [-0.15, -0.1) is 0 Å². The lowest BCUT2D eigenvalue weighted by Crippen LogP contribution is -2.35. The van der Waals surface area contributed by atoms with Crippen LogP contribution in [0.2, 0.25) is 0 Å². The molecule has 1 aromatic rings. The molecular formula is C12H19N3O2. The van der Waals surface area contributed by atoms with Crippen LogP contribution in [-0.2, 0) is 9.53 Å². The topological polar surface area (TPSA) is 67.6 Å². The zero-order valence-corrected chi connectivity index (χ0v) is 10.4. The number of methoxy groups -OCH3 is 1. The van der Waals surface area contributed by atoms with Gasteiger partial charge in [-0.3, -0.25) is 4.79 Å². The summed E-state index contributed by atoms with van der Waals surface area (Å²) in [7, 11) is 5.39. The van der Waals surface area contributed by atoms with Gasteiger partial charge < -0.3 is 20.7 Å². The van der Waals surface area contributed by atoms with Crippen molar-refractivity contribution in [3.8, 4) is 0 Å². The van der Waals surface area contributed by atoms with Crippen LogP contribution in [0.1, 0.15) is 0 Å². The number of carbonyl (C=O) groups excluding carboxylic acids is 1. The molecule has 1 unspecified atom stereocenters. The normalized spacial score (nSPS) is 12.0. The number of amides is 1. The third kappa shape index (κ3) is 3.72. The van der Waals surface area contributed by atoms with Crippen LogP contribution >= 0.6 is 0 Å². The summed E-state index contributed by atoms with van der Waals surface area (Å²) in [5.74, 6) is -0.229. The summed E-state index contributed by atoms with van der Waals surface area (Å²) in [5, 5.41) is 2.75. The predicted octanol–water partition coefficient (Wildman–Crippen LogP) is 0.665. The van der Waals surface area contributed by atoms with E-state index in [1.807, 2.05) is 43.3 Å². The fourth-order valence-corrected chi connectivity index (χ4v) is 1.38. The van der Waals surface area contributed by atoms with Gasteiger partial charge in [0.1, 0.15) is 6.10 Å². The standard InChI is InChI=1S/C12H19N3O2/c1-15(2)10-6-4-9(5-7-10)14-12(16)11(8-13)17-3/h4-7,11H,8,13H2,1-3H3,(H,14,16). The van der Waals surface area contributed by atoms with Gasteiger partial charge in [-0.25, -0.2) is 0 Å². The maximum absolute atomic E-state index is 11.7. The highest BCUT2D eigenvalue weighted by Crippen LogP contribution is 2.15. The van der Waals surface area contributed by atoms with Gasteiger partial charge in [-0.1, -0.05) is 0 Å². The molecule has 3 N–H and O–H groups in total. The van der Waals surface area contributed by atoms with Crippen LogP contribution in [0.3, 0.4) is 0 Å². The summed E-state index contributed by atoms with van der Waals surface area (Å²) in [6.07, 6.45) is -0.608. The Morgan fingerprint density at radius 2 is 2.00 bits per heavy atom. The Morgan fingerprint density at radius 1 is 1.41 bits per heavy atom. The van der Waals surface area contributed by atoms with Crippen molar-refractivity contribution in [1.29, 1.82) is 0 Å². The lowest BCUT2D eigenvalue weighted by atomic mass is 10.2. The molecule has 0 aliphatic heterocycles. The number of rotatable bonds is 5. The summed E-state index contributed by atoms with van der Waals surface area (Å²) < 4.78 is 4.95. The van der Waals surface area contributed by atoms with E-state index < -0.39 is 6.10 Å². The van der Waals surface area contributed by atoms with E-state index >= 15 is 0 Å². The molecule has 17 heavy (non-hydrogen) atoms. The number of hydrogen-bond acceptors (Lipinski definition) is 4. The van der Waals surface area contributed by atoms with E-state index in [0.717, 1.165) is 11.4 Å². The van der Waals surface area contributed by atoms with Gasteiger partial charge in [0.25, 0.3) is 5.91 Å². The number of hydrogen-bond donors (Lipinski definition) is 2. The first-order valence-electron chi connectivity index (χ1n) is 5.39. The van der Waals surface area contributed by atoms with E-state index in [9.17, 15) is 4.79 Å². The minimum Gasteiger partial charge on any atom is -0.378 e. The molecule has 5 nitrogen and oxygen atoms in total. The van der Waals surface area contributed by atoms with Crippen LogP contribution < -0.4 is 16.0 Å². The van der Waals surface area contributed by atoms with Crippen molar-refractivity contribution in [2.45, 2.75) is 6.10 Å². The fraction of sp³-hybridized carbons (Fsp3) is 0.417. The molecule has 0 bridgehead atoms. The molecule has 0 aromatic heterocycles. The predicted molar refractivity (Wildman–Crippen MR) is 69.3 cm³/mol. The zero-order chi connectivity index (χ0) is 12.8. The molecule has 0 aliphatic carbocycles. The number of anilines is 2.